The Bertz CT molecular complexity index is 1040. The van der Waals surface area contributed by atoms with Crippen LogP contribution < -0.4 is 15.4 Å². The minimum absolute atomic E-state index is 0.103. The molecule has 0 fully saturated rings. The lowest BCUT2D eigenvalue weighted by molar-refractivity contribution is -0.117. The molecule has 6 heteroatoms. The van der Waals surface area contributed by atoms with Crippen molar-refractivity contribution in [3.05, 3.63) is 89.5 Å². The summed E-state index contributed by atoms with van der Waals surface area (Å²) < 4.78 is 5.35. The molecule has 2 amide bonds. The number of anilines is 2. The topological polar surface area (TPSA) is 70.7 Å². The Kier molecular flexibility index (Phi) is 5.77. The fourth-order valence-corrected chi connectivity index (χ4v) is 3.59. The Morgan fingerprint density at radius 3 is 2.23 bits per heavy atom. The molecule has 0 atom stereocenters. The van der Waals surface area contributed by atoms with Crippen LogP contribution in [-0.2, 0) is 17.9 Å². The van der Waals surface area contributed by atoms with Crippen LogP contribution in [0.25, 0.3) is 0 Å². The molecule has 3 aromatic rings. The second-order valence-electron chi connectivity index (χ2n) is 7.20. The highest BCUT2D eigenvalue weighted by atomic mass is 16.5. The van der Waals surface area contributed by atoms with Gasteiger partial charge in [-0.05, 0) is 41.5 Å². The molecule has 0 radical (unpaired) electrons. The fraction of sp³-hybridized carbons (Fsp3) is 0.167. The van der Waals surface area contributed by atoms with Crippen LogP contribution in [0.15, 0.2) is 72.8 Å². The predicted molar refractivity (Wildman–Crippen MR) is 117 cm³/mol. The SMILES string of the molecule is COc1ccc(NC(=O)CN2Cc3ccccc3C2)cc1NC(=O)c1ccccc1. The average molecular weight is 401 g/mol. The summed E-state index contributed by atoms with van der Waals surface area (Å²) in [6, 6.07) is 22.4. The summed E-state index contributed by atoms with van der Waals surface area (Å²) in [4.78, 5) is 27.1. The van der Waals surface area contributed by atoms with Crippen LogP contribution in [-0.4, -0.2) is 30.4 Å². The van der Waals surface area contributed by atoms with Crippen molar-refractivity contribution in [2.75, 3.05) is 24.3 Å². The van der Waals surface area contributed by atoms with E-state index in [1.807, 2.05) is 18.2 Å². The Morgan fingerprint density at radius 1 is 0.900 bits per heavy atom. The minimum atomic E-state index is -0.243. The molecule has 3 aromatic carbocycles. The number of hydrogen-bond donors (Lipinski definition) is 2. The highest BCUT2D eigenvalue weighted by Crippen LogP contribution is 2.28. The zero-order chi connectivity index (χ0) is 20.9. The third-order valence-corrected chi connectivity index (χ3v) is 5.04. The van der Waals surface area contributed by atoms with Crippen molar-refractivity contribution in [3.8, 4) is 5.75 Å². The van der Waals surface area contributed by atoms with Gasteiger partial charge in [0.15, 0.2) is 0 Å². The largest absolute Gasteiger partial charge is 0.495 e. The molecule has 0 bridgehead atoms. The van der Waals surface area contributed by atoms with Crippen LogP contribution in [0, 0.1) is 0 Å². The van der Waals surface area contributed by atoms with Gasteiger partial charge in [-0.1, -0.05) is 42.5 Å². The van der Waals surface area contributed by atoms with E-state index in [9.17, 15) is 9.59 Å². The van der Waals surface area contributed by atoms with Crippen molar-refractivity contribution in [2.24, 2.45) is 0 Å². The number of nitrogens with one attached hydrogen (secondary N) is 2. The maximum atomic E-state index is 12.6. The van der Waals surface area contributed by atoms with Gasteiger partial charge in [0.1, 0.15) is 5.75 Å². The molecule has 4 rings (SSSR count). The molecule has 0 saturated heterocycles. The van der Waals surface area contributed by atoms with E-state index in [-0.39, 0.29) is 11.8 Å². The zero-order valence-corrected chi connectivity index (χ0v) is 16.7. The van der Waals surface area contributed by atoms with Gasteiger partial charge in [-0.3, -0.25) is 14.5 Å². The number of carbonyl (C=O) groups is 2. The smallest absolute Gasteiger partial charge is 0.255 e. The van der Waals surface area contributed by atoms with Gasteiger partial charge in [0.2, 0.25) is 5.91 Å². The summed E-state index contributed by atoms with van der Waals surface area (Å²) >= 11 is 0. The number of carbonyl (C=O) groups excluding carboxylic acids is 2. The molecular formula is C24H23N3O3. The molecule has 6 nitrogen and oxygen atoms in total. The van der Waals surface area contributed by atoms with Crippen LogP contribution in [0.1, 0.15) is 21.5 Å². The minimum Gasteiger partial charge on any atom is -0.495 e. The second kappa shape index (κ2) is 8.80. The predicted octanol–water partition coefficient (Wildman–Crippen LogP) is 3.90. The van der Waals surface area contributed by atoms with Gasteiger partial charge in [0.25, 0.3) is 5.91 Å². The van der Waals surface area contributed by atoms with Crippen molar-refractivity contribution in [1.29, 1.82) is 0 Å². The van der Waals surface area contributed by atoms with Crippen molar-refractivity contribution in [1.82, 2.24) is 4.90 Å². The van der Waals surface area contributed by atoms with Crippen LogP contribution in [0.5, 0.6) is 5.75 Å². The van der Waals surface area contributed by atoms with Crippen molar-refractivity contribution in [2.45, 2.75) is 13.1 Å². The Balaban J connectivity index is 1.41. The highest BCUT2D eigenvalue weighted by molar-refractivity contribution is 6.05. The number of hydrogen-bond acceptors (Lipinski definition) is 4. The number of nitrogens with zero attached hydrogens (tertiary/aromatic N) is 1. The third kappa shape index (κ3) is 4.50. The lowest BCUT2D eigenvalue weighted by Gasteiger charge is -2.16. The van der Waals surface area contributed by atoms with E-state index in [0.29, 0.717) is 29.2 Å². The summed E-state index contributed by atoms with van der Waals surface area (Å²) in [6.07, 6.45) is 0. The molecule has 1 aliphatic rings. The first-order chi connectivity index (χ1) is 14.6. The first-order valence-corrected chi connectivity index (χ1v) is 9.76. The summed E-state index contributed by atoms with van der Waals surface area (Å²) in [6.45, 7) is 1.83. The molecule has 1 aliphatic heterocycles. The standard InChI is InChI=1S/C24H23N3O3/c1-30-22-12-11-20(13-21(22)26-24(29)17-7-3-2-4-8-17)25-23(28)16-27-14-18-9-5-6-10-19(18)15-27/h2-13H,14-16H2,1H3,(H,25,28)(H,26,29). The van der Waals surface area contributed by atoms with Crippen molar-refractivity contribution >= 4 is 23.2 Å². The lowest BCUT2D eigenvalue weighted by atomic mass is 10.1. The second-order valence-corrected chi connectivity index (χ2v) is 7.20. The third-order valence-electron chi connectivity index (χ3n) is 5.04. The molecule has 152 valence electrons. The van der Waals surface area contributed by atoms with E-state index in [2.05, 4.69) is 27.7 Å². The van der Waals surface area contributed by atoms with Crippen molar-refractivity contribution in [3.63, 3.8) is 0 Å². The van der Waals surface area contributed by atoms with E-state index in [1.165, 1.54) is 18.2 Å². The normalized spacial score (nSPS) is 12.8. The number of benzene rings is 3. The van der Waals surface area contributed by atoms with Gasteiger partial charge in [0.05, 0.1) is 19.3 Å². The molecule has 0 unspecified atom stereocenters. The Hall–Kier alpha value is -3.64. The maximum Gasteiger partial charge on any atom is 0.255 e. The molecule has 0 aliphatic carbocycles. The summed E-state index contributed by atoms with van der Waals surface area (Å²) in [7, 11) is 1.54. The first kappa shape index (κ1) is 19.7. The Labute approximate surface area is 175 Å². The molecule has 30 heavy (non-hydrogen) atoms. The van der Waals surface area contributed by atoms with Gasteiger partial charge in [-0.15, -0.1) is 0 Å². The summed E-state index contributed by atoms with van der Waals surface area (Å²) in [5.74, 6) is 0.174. The summed E-state index contributed by atoms with van der Waals surface area (Å²) in [5.41, 5.74) is 4.17. The Morgan fingerprint density at radius 2 is 1.57 bits per heavy atom. The number of methoxy groups -OCH3 is 1. The van der Waals surface area contributed by atoms with E-state index >= 15 is 0 Å². The monoisotopic (exact) mass is 401 g/mol. The molecule has 0 spiro atoms. The van der Waals surface area contributed by atoms with E-state index in [1.54, 1.807) is 42.5 Å². The number of ether oxygens (including phenoxy) is 1. The van der Waals surface area contributed by atoms with Gasteiger partial charge in [-0.25, -0.2) is 0 Å². The first-order valence-electron chi connectivity index (χ1n) is 9.76. The zero-order valence-electron chi connectivity index (χ0n) is 16.7. The fourth-order valence-electron chi connectivity index (χ4n) is 3.59. The van der Waals surface area contributed by atoms with Crippen LogP contribution >= 0.6 is 0 Å². The van der Waals surface area contributed by atoms with Crippen molar-refractivity contribution < 1.29 is 14.3 Å². The average Bonchev–Trinajstić information content (AvgIpc) is 3.16. The van der Waals surface area contributed by atoms with Crippen LogP contribution in [0.2, 0.25) is 0 Å². The quantitative estimate of drug-likeness (QED) is 0.657. The molecule has 2 N–H and O–H groups in total. The highest BCUT2D eigenvalue weighted by Gasteiger charge is 2.20. The number of fused-ring (bicyclic) bond motifs is 1. The lowest BCUT2D eigenvalue weighted by Crippen LogP contribution is -2.29. The van der Waals surface area contributed by atoms with E-state index in [4.69, 9.17) is 4.74 Å². The maximum absolute atomic E-state index is 12.6. The number of amides is 2. The van der Waals surface area contributed by atoms with Gasteiger partial charge >= 0.3 is 0 Å². The molecule has 0 aromatic heterocycles. The van der Waals surface area contributed by atoms with Gasteiger partial charge < -0.3 is 15.4 Å². The van der Waals surface area contributed by atoms with Crippen LogP contribution in [0.3, 0.4) is 0 Å². The summed E-state index contributed by atoms with van der Waals surface area (Å²) in [5, 5.41) is 5.76. The van der Waals surface area contributed by atoms with Gasteiger partial charge in [0, 0.05) is 24.3 Å². The molecule has 1 heterocycles. The molecule has 0 saturated carbocycles. The van der Waals surface area contributed by atoms with E-state index in [0.717, 1.165) is 13.1 Å². The molecular weight excluding hydrogens is 378 g/mol. The van der Waals surface area contributed by atoms with E-state index < -0.39 is 0 Å². The number of rotatable bonds is 6. The van der Waals surface area contributed by atoms with Gasteiger partial charge in [-0.2, -0.15) is 0 Å². The van der Waals surface area contributed by atoms with Crippen LogP contribution in [0.4, 0.5) is 11.4 Å².